The number of rotatable bonds is 2. The van der Waals surface area contributed by atoms with Gasteiger partial charge in [-0.1, -0.05) is 12.0 Å². The van der Waals surface area contributed by atoms with Crippen LogP contribution in [-0.2, 0) is 16.0 Å². The number of carboxylic acids is 1. The molecule has 1 aromatic carbocycles. The van der Waals surface area contributed by atoms with Crippen molar-refractivity contribution >= 4 is 12.3 Å². The number of carbonyl (C=O) groups excluding carboxylic acids is 1. The third kappa shape index (κ3) is 3.16. The van der Waals surface area contributed by atoms with Crippen LogP contribution in [0, 0.1) is 11.8 Å². The van der Waals surface area contributed by atoms with E-state index < -0.39 is 5.97 Å². The van der Waals surface area contributed by atoms with E-state index in [1.54, 1.807) is 0 Å². The highest BCUT2D eigenvalue weighted by Crippen LogP contribution is 2.17. The fourth-order valence-electron chi connectivity index (χ4n) is 1.08. The molecule has 0 aromatic heterocycles. The number of aldehydes is 1. The first kappa shape index (κ1) is 10.8. The number of phenolic OH excluding ortho intramolecular Hbond substituents is 1. The molecule has 0 radical (unpaired) electrons. The van der Waals surface area contributed by atoms with E-state index in [2.05, 4.69) is 11.8 Å². The van der Waals surface area contributed by atoms with E-state index in [1.807, 2.05) is 0 Å². The highest BCUT2D eigenvalue weighted by Gasteiger charge is 2.03. The number of hydrogen-bond acceptors (Lipinski definition) is 3. The molecule has 0 fully saturated rings. The lowest BCUT2D eigenvalue weighted by Crippen LogP contribution is -2.00. The molecule has 76 valence electrons. The lowest BCUT2D eigenvalue weighted by atomic mass is 10.1. The maximum Gasteiger partial charge on any atom is 0.307 e. The fraction of sp³-hybridized carbons (Fsp3) is 0.0909. The standard InChI is InChI=1S/C11H8O4/c12-5-1-2-9-6-8(7-11(14)15)3-4-10(9)13/h3-6,13H,7H2,(H,14,15). The molecule has 0 aliphatic heterocycles. The smallest absolute Gasteiger partial charge is 0.307 e. The monoisotopic (exact) mass is 204 g/mol. The van der Waals surface area contributed by atoms with Crippen LogP contribution < -0.4 is 0 Å². The van der Waals surface area contributed by atoms with Crippen LogP contribution >= 0.6 is 0 Å². The maximum absolute atomic E-state index is 10.4. The second kappa shape index (κ2) is 4.82. The van der Waals surface area contributed by atoms with Crippen LogP contribution in [0.3, 0.4) is 0 Å². The molecule has 0 heterocycles. The van der Waals surface area contributed by atoms with E-state index >= 15 is 0 Å². The maximum atomic E-state index is 10.4. The molecular formula is C11H8O4. The van der Waals surface area contributed by atoms with Gasteiger partial charge in [-0.2, -0.15) is 0 Å². The highest BCUT2D eigenvalue weighted by molar-refractivity contribution is 5.75. The third-order valence-electron chi connectivity index (χ3n) is 1.68. The second-order valence-electron chi connectivity index (χ2n) is 2.81. The van der Waals surface area contributed by atoms with Crippen molar-refractivity contribution in [3.05, 3.63) is 29.3 Å². The average molecular weight is 204 g/mol. The number of hydrogen-bond donors (Lipinski definition) is 2. The summed E-state index contributed by atoms with van der Waals surface area (Å²) in [6.45, 7) is 0. The minimum Gasteiger partial charge on any atom is -0.507 e. The van der Waals surface area contributed by atoms with Crippen LogP contribution in [0.5, 0.6) is 5.75 Å². The Morgan fingerprint density at radius 2 is 2.20 bits per heavy atom. The van der Waals surface area contributed by atoms with Crippen LogP contribution in [-0.4, -0.2) is 22.5 Å². The van der Waals surface area contributed by atoms with Crippen LogP contribution in [0.15, 0.2) is 18.2 Å². The normalized spacial score (nSPS) is 8.80. The summed E-state index contributed by atoms with van der Waals surface area (Å²) in [5, 5.41) is 17.9. The molecule has 0 atom stereocenters. The van der Waals surface area contributed by atoms with Crippen LogP contribution in [0.4, 0.5) is 0 Å². The van der Waals surface area contributed by atoms with Crippen molar-refractivity contribution in [3.8, 4) is 17.6 Å². The predicted octanol–water partition coefficient (Wildman–Crippen LogP) is 0.570. The van der Waals surface area contributed by atoms with E-state index in [1.165, 1.54) is 18.2 Å². The first-order valence-corrected chi connectivity index (χ1v) is 4.12. The van der Waals surface area contributed by atoms with E-state index in [-0.39, 0.29) is 17.7 Å². The topological polar surface area (TPSA) is 74.6 Å². The molecule has 0 saturated heterocycles. The van der Waals surface area contributed by atoms with Crippen molar-refractivity contribution in [3.63, 3.8) is 0 Å². The predicted molar refractivity (Wildman–Crippen MR) is 52.4 cm³/mol. The van der Waals surface area contributed by atoms with Gasteiger partial charge < -0.3 is 10.2 Å². The van der Waals surface area contributed by atoms with Gasteiger partial charge in [0.2, 0.25) is 0 Å². The van der Waals surface area contributed by atoms with E-state index in [4.69, 9.17) is 5.11 Å². The van der Waals surface area contributed by atoms with Crippen molar-refractivity contribution in [1.29, 1.82) is 0 Å². The zero-order chi connectivity index (χ0) is 11.3. The number of benzene rings is 1. The van der Waals surface area contributed by atoms with E-state index in [0.717, 1.165) is 0 Å². The first-order chi connectivity index (χ1) is 7.13. The molecule has 15 heavy (non-hydrogen) atoms. The molecule has 0 aliphatic carbocycles. The van der Waals surface area contributed by atoms with Gasteiger partial charge in [0.1, 0.15) is 5.75 Å². The zero-order valence-corrected chi connectivity index (χ0v) is 7.73. The van der Waals surface area contributed by atoms with Gasteiger partial charge >= 0.3 is 5.97 Å². The quantitative estimate of drug-likeness (QED) is 0.545. The highest BCUT2D eigenvalue weighted by atomic mass is 16.4. The molecule has 0 amide bonds. The lowest BCUT2D eigenvalue weighted by molar-refractivity contribution is -0.136. The summed E-state index contributed by atoms with van der Waals surface area (Å²) in [7, 11) is 0. The van der Waals surface area contributed by atoms with Gasteiger partial charge in [0, 0.05) is 0 Å². The number of aliphatic carboxylic acids is 1. The number of aromatic hydroxyl groups is 1. The molecule has 1 aromatic rings. The summed E-state index contributed by atoms with van der Waals surface area (Å²) in [6.07, 6.45) is 0.263. The van der Waals surface area contributed by atoms with Gasteiger partial charge in [-0.15, -0.1) is 0 Å². The Morgan fingerprint density at radius 1 is 1.47 bits per heavy atom. The lowest BCUT2D eigenvalue weighted by Gasteiger charge is -2.00. The zero-order valence-electron chi connectivity index (χ0n) is 7.73. The van der Waals surface area contributed by atoms with Crippen molar-refractivity contribution in [2.24, 2.45) is 0 Å². The average Bonchev–Trinajstić information content (AvgIpc) is 2.18. The molecule has 0 unspecified atom stereocenters. The van der Waals surface area contributed by atoms with Crippen LogP contribution in [0.2, 0.25) is 0 Å². The number of carbonyl (C=O) groups is 2. The number of phenols is 1. The summed E-state index contributed by atoms with van der Waals surface area (Å²) < 4.78 is 0. The number of carboxylic acid groups (broad SMARTS) is 1. The Hall–Kier alpha value is -2.28. The SMILES string of the molecule is O=CC#Cc1cc(CC(=O)O)ccc1O. The Labute approximate surface area is 86.2 Å². The Balaban J connectivity index is 3.04. The first-order valence-electron chi connectivity index (χ1n) is 4.12. The van der Waals surface area contributed by atoms with Gasteiger partial charge in [-0.05, 0) is 23.6 Å². The Kier molecular flexibility index (Phi) is 3.47. The minimum atomic E-state index is -0.963. The molecule has 0 saturated carbocycles. The van der Waals surface area contributed by atoms with Crippen LogP contribution in [0.1, 0.15) is 11.1 Å². The van der Waals surface area contributed by atoms with Gasteiger partial charge in [-0.3, -0.25) is 9.59 Å². The van der Waals surface area contributed by atoms with Gasteiger partial charge in [0.25, 0.3) is 0 Å². The van der Waals surface area contributed by atoms with Crippen molar-refractivity contribution in [2.75, 3.05) is 0 Å². The summed E-state index contributed by atoms with van der Waals surface area (Å²) >= 11 is 0. The molecule has 1 rings (SSSR count). The fourth-order valence-corrected chi connectivity index (χ4v) is 1.08. The van der Waals surface area contributed by atoms with Gasteiger partial charge in [0.15, 0.2) is 6.29 Å². The van der Waals surface area contributed by atoms with Crippen molar-refractivity contribution in [2.45, 2.75) is 6.42 Å². The molecule has 0 bridgehead atoms. The summed E-state index contributed by atoms with van der Waals surface area (Å²) in [6, 6.07) is 4.29. The molecule has 4 heteroatoms. The van der Waals surface area contributed by atoms with E-state index in [0.29, 0.717) is 11.8 Å². The molecule has 0 aliphatic rings. The Morgan fingerprint density at radius 3 is 2.80 bits per heavy atom. The minimum absolute atomic E-state index is 0.0708. The van der Waals surface area contributed by atoms with E-state index in [9.17, 15) is 14.7 Å². The van der Waals surface area contributed by atoms with Crippen molar-refractivity contribution < 1.29 is 19.8 Å². The molecular weight excluding hydrogens is 196 g/mol. The largest absolute Gasteiger partial charge is 0.507 e. The summed E-state index contributed by atoms with van der Waals surface area (Å²) in [4.78, 5) is 20.4. The van der Waals surface area contributed by atoms with Crippen molar-refractivity contribution in [1.82, 2.24) is 0 Å². The van der Waals surface area contributed by atoms with Gasteiger partial charge in [-0.25, -0.2) is 0 Å². The van der Waals surface area contributed by atoms with Gasteiger partial charge in [0.05, 0.1) is 12.0 Å². The summed E-state index contributed by atoms with van der Waals surface area (Å²) in [5.74, 6) is 3.53. The second-order valence-corrected chi connectivity index (χ2v) is 2.81. The molecule has 4 nitrogen and oxygen atoms in total. The third-order valence-corrected chi connectivity index (χ3v) is 1.68. The Bertz CT molecular complexity index is 451. The van der Waals surface area contributed by atoms with Crippen LogP contribution in [0.25, 0.3) is 0 Å². The summed E-state index contributed by atoms with van der Waals surface area (Å²) in [5.41, 5.74) is 0.774. The molecule has 0 spiro atoms. The molecule has 2 N–H and O–H groups in total.